The number of ether oxygens (including phenoxy) is 2. The highest BCUT2D eigenvalue weighted by Gasteiger charge is 2.28. The Balaban J connectivity index is 2.27. The monoisotopic (exact) mass is 384 g/mol. The molecule has 146 valence electrons. The van der Waals surface area contributed by atoms with Crippen molar-refractivity contribution in [2.24, 2.45) is 4.99 Å². The molecule has 0 aliphatic carbocycles. The molecule has 2 heterocycles. The van der Waals surface area contributed by atoms with Gasteiger partial charge in [0.25, 0.3) is 5.56 Å². The van der Waals surface area contributed by atoms with Gasteiger partial charge in [0.1, 0.15) is 5.56 Å². The third-order valence-corrected chi connectivity index (χ3v) is 4.95. The zero-order valence-electron chi connectivity index (χ0n) is 15.9. The molecule has 26 heavy (non-hydrogen) atoms. The number of nitrogens with zero attached hydrogens (tertiary/aromatic N) is 3. The number of hydrogen-bond acceptors (Lipinski definition) is 7. The van der Waals surface area contributed by atoms with Crippen molar-refractivity contribution in [2.45, 2.75) is 32.9 Å². The smallest absolute Gasteiger partial charge is 0.264 e. The Labute approximate surface area is 158 Å². The van der Waals surface area contributed by atoms with E-state index in [0.29, 0.717) is 38.6 Å². The minimum absolute atomic E-state index is 0.146. The number of rotatable bonds is 7. The number of aliphatic imine (C=N–C) groups is 1. The van der Waals surface area contributed by atoms with Crippen LogP contribution in [-0.2, 0) is 16.0 Å². The van der Waals surface area contributed by atoms with Crippen molar-refractivity contribution in [2.75, 3.05) is 46.6 Å². The highest BCUT2D eigenvalue weighted by Crippen LogP contribution is 2.19. The average Bonchev–Trinajstić information content (AvgIpc) is 2.60. The molecule has 8 nitrogen and oxygen atoms in total. The minimum atomic E-state index is -0.438. The van der Waals surface area contributed by atoms with Gasteiger partial charge >= 0.3 is 0 Å². The molecule has 2 rings (SSSR count). The van der Waals surface area contributed by atoms with Crippen LogP contribution in [0.1, 0.15) is 26.3 Å². The van der Waals surface area contributed by atoms with E-state index in [4.69, 9.17) is 21.7 Å². The fourth-order valence-corrected chi connectivity index (χ4v) is 3.21. The summed E-state index contributed by atoms with van der Waals surface area (Å²) < 4.78 is 12.0. The van der Waals surface area contributed by atoms with E-state index in [1.54, 1.807) is 14.0 Å². The summed E-state index contributed by atoms with van der Waals surface area (Å²) in [7, 11) is 1.56. The second-order valence-corrected chi connectivity index (χ2v) is 7.30. The second kappa shape index (κ2) is 8.90. The fourth-order valence-electron chi connectivity index (χ4n) is 2.94. The van der Waals surface area contributed by atoms with Crippen LogP contribution in [0.4, 0.5) is 0 Å². The molecule has 0 radical (unpaired) electrons. The molecule has 1 aliphatic heterocycles. The maximum absolute atomic E-state index is 12.3. The number of aromatic nitrogens is 2. The van der Waals surface area contributed by atoms with Gasteiger partial charge in [-0.05, 0) is 33.0 Å². The lowest BCUT2D eigenvalue weighted by Crippen LogP contribution is -2.51. The molecule has 9 heteroatoms. The van der Waals surface area contributed by atoms with E-state index in [-0.39, 0.29) is 21.8 Å². The van der Waals surface area contributed by atoms with Crippen LogP contribution in [0.15, 0.2) is 9.79 Å². The molecule has 0 bridgehead atoms. The molecule has 1 aliphatic rings. The van der Waals surface area contributed by atoms with Crippen molar-refractivity contribution in [1.29, 1.82) is 0 Å². The summed E-state index contributed by atoms with van der Waals surface area (Å²) in [4.78, 5) is 21.8. The quantitative estimate of drug-likeness (QED) is 0.542. The Morgan fingerprint density at radius 2 is 2.08 bits per heavy atom. The van der Waals surface area contributed by atoms with Gasteiger partial charge in [0.15, 0.2) is 4.77 Å². The average molecular weight is 385 g/mol. The molecule has 1 saturated heterocycles. The maximum Gasteiger partial charge on any atom is 0.264 e. The van der Waals surface area contributed by atoms with E-state index in [1.807, 2.05) is 0 Å². The Hall–Kier alpha value is -1.55. The van der Waals surface area contributed by atoms with Crippen molar-refractivity contribution < 1.29 is 14.6 Å². The first-order valence-electron chi connectivity index (χ1n) is 8.67. The molecule has 0 unspecified atom stereocenters. The van der Waals surface area contributed by atoms with Crippen molar-refractivity contribution >= 4 is 17.9 Å². The lowest BCUT2D eigenvalue weighted by molar-refractivity contribution is -0.00679. The van der Waals surface area contributed by atoms with Crippen LogP contribution in [0.25, 0.3) is 0 Å². The van der Waals surface area contributed by atoms with Crippen molar-refractivity contribution in [3.63, 3.8) is 0 Å². The zero-order valence-corrected chi connectivity index (χ0v) is 16.7. The van der Waals surface area contributed by atoms with E-state index in [9.17, 15) is 9.90 Å². The van der Waals surface area contributed by atoms with Crippen LogP contribution in [0.5, 0.6) is 5.88 Å². The van der Waals surface area contributed by atoms with Crippen molar-refractivity contribution in [1.82, 2.24) is 14.5 Å². The third-order valence-electron chi connectivity index (χ3n) is 4.62. The lowest BCUT2D eigenvalue weighted by Gasteiger charge is -2.39. The van der Waals surface area contributed by atoms with E-state index < -0.39 is 5.56 Å². The molecule has 0 amide bonds. The van der Waals surface area contributed by atoms with E-state index in [0.717, 1.165) is 13.1 Å². The largest absolute Gasteiger partial charge is 0.494 e. The summed E-state index contributed by atoms with van der Waals surface area (Å²) in [5.74, 6) is -0.179. The van der Waals surface area contributed by atoms with Crippen molar-refractivity contribution in [3.8, 4) is 5.88 Å². The molecule has 2 N–H and O–H groups in total. The summed E-state index contributed by atoms with van der Waals surface area (Å²) in [6, 6.07) is 0. The van der Waals surface area contributed by atoms with Crippen LogP contribution < -0.4 is 5.56 Å². The van der Waals surface area contributed by atoms with Gasteiger partial charge in [-0.2, -0.15) is 0 Å². The predicted octanol–water partition coefficient (Wildman–Crippen LogP) is 1.18. The summed E-state index contributed by atoms with van der Waals surface area (Å²) >= 11 is 5.13. The van der Waals surface area contributed by atoms with Crippen molar-refractivity contribution in [3.05, 3.63) is 20.7 Å². The van der Waals surface area contributed by atoms with Crippen LogP contribution in [0.2, 0.25) is 0 Å². The lowest BCUT2D eigenvalue weighted by atomic mass is 10.0. The topological polar surface area (TPSA) is 92.1 Å². The summed E-state index contributed by atoms with van der Waals surface area (Å²) in [5.41, 5.74) is 0.0162. The van der Waals surface area contributed by atoms with Gasteiger partial charge in [-0.1, -0.05) is 0 Å². The molecule has 1 aromatic rings. The molecular formula is C17H28N4O4S. The van der Waals surface area contributed by atoms with Gasteiger partial charge in [0.2, 0.25) is 5.88 Å². The Kier molecular flexibility index (Phi) is 7.10. The first-order valence-corrected chi connectivity index (χ1v) is 9.08. The fraction of sp³-hybridized carbons (Fsp3) is 0.706. The summed E-state index contributed by atoms with van der Waals surface area (Å²) in [5, 5.41) is 10.5. The van der Waals surface area contributed by atoms with Gasteiger partial charge in [-0.15, -0.1) is 0 Å². The molecular weight excluding hydrogens is 356 g/mol. The van der Waals surface area contributed by atoms with Gasteiger partial charge in [0.05, 0.1) is 32.9 Å². The molecule has 0 spiro atoms. The first kappa shape index (κ1) is 20.8. The van der Waals surface area contributed by atoms with Gasteiger partial charge < -0.3 is 14.6 Å². The molecule has 1 fully saturated rings. The molecule has 0 atom stereocenters. The SMILES string of the molecule is COCCn1c(O)c(C(C)=NCC(C)(C)N2CCOCC2)c(=O)[nH]c1=S. The Morgan fingerprint density at radius 1 is 1.42 bits per heavy atom. The summed E-state index contributed by atoms with van der Waals surface area (Å²) in [6.45, 7) is 10.3. The van der Waals surface area contributed by atoms with Gasteiger partial charge in [-0.25, -0.2) is 0 Å². The zero-order chi connectivity index (χ0) is 19.3. The number of aromatic hydroxyl groups is 1. The first-order chi connectivity index (χ1) is 12.3. The molecule has 0 saturated carbocycles. The Morgan fingerprint density at radius 3 is 2.69 bits per heavy atom. The van der Waals surface area contributed by atoms with E-state index in [2.05, 4.69) is 28.7 Å². The van der Waals surface area contributed by atoms with Crippen LogP contribution >= 0.6 is 12.2 Å². The maximum atomic E-state index is 12.3. The second-order valence-electron chi connectivity index (χ2n) is 6.92. The Bertz CT molecular complexity index is 763. The standard InChI is InChI=1S/C17H28N4O4S/c1-12(18-11-17(2,3)20-5-9-25-10-6-20)13-14(22)19-16(26)21(15(13)23)7-8-24-4/h23H,5-11H2,1-4H3,(H,19,22,26). The van der Waals surface area contributed by atoms with Gasteiger partial charge in [-0.3, -0.25) is 24.2 Å². The van der Waals surface area contributed by atoms with Crippen LogP contribution in [-0.4, -0.2) is 77.4 Å². The highest BCUT2D eigenvalue weighted by atomic mass is 32.1. The van der Waals surface area contributed by atoms with Gasteiger partial charge in [0, 0.05) is 31.4 Å². The number of nitrogens with one attached hydrogen (secondary N) is 1. The number of hydrogen-bond donors (Lipinski definition) is 2. The predicted molar refractivity (Wildman–Crippen MR) is 103 cm³/mol. The highest BCUT2D eigenvalue weighted by molar-refractivity contribution is 7.71. The molecule has 0 aromatic carbocycles. The number of morpholine rings is 1. The summed E-state index contributed by atoms with van der Waals surface area (Å²) in [6.07, 6.45) is 0. The molecule has 1 aromatic heterocycles. The third kappa shape index (κ3) is 4.79. The van der Waals surface area contributed by atoms with E-state index in [1.165, 1.54) is 4.57 Å². The van der Waals surface area contributed by atoms with Crippen LogP contribution in [0.3, 0.4) is 0 Å². The number of methoxy groups -OCH3 is 1. The normalized spacial score (nSPS) is 16.8. The van der Waals surface area contributed by atoms with E-state index >= 15 is 0 Å². The minimum Gasteiger partial charge on any atom is -0.494 e. The number of aromatic amines is 1. The van der Waals surface area contributed by atoms with Crippen LogP contribution in [0, 0.1) is 4.77 Å². The number of H-pyrrole nitrogens is 1.